The van der Waals surface area contributed by atoms with E-state index in [1.165, 1.54) is 98.0 Å². The maximum atomic E-state index is 2.39. The Bertz CT molecular complexity index is 2020. The molecule has 0 nitrogen and oxygen atoms in total. The van der Waals surface area contributed by atoms with Crippen LogP contribution in [-0.4, -0.2) is 0 Å². The highest BCUT2D eigenvalue weighted by molar-refractivity contribution is 6.53. The third-order valence-corrected chi connectivity index (χ3v) is 9.17. The van der Waals surface area contributed by atoms with Crippen LogP contribution in [0.15, 0.2) is 127 Å². The van der Waals surface area contributed by atoms with Crippen molar-refractivity contribution in [3.8, 4) is 33.4 Å². The summed E-state index contributed by atoms with van der Waals surface area (Å²) in [5, 5.41) is 16.8. The van der Waals surface area contributed by atoms with Crippen LogP contribution in [0.25, 0.3) is 98.0 Å². The van der Waals surface area contributed by atoms with Crippen molar-refractivity contribution in [1.82, 2.24) is 0 Å². The van der Waals surface area contributed by atoms with Gasteiger partial charge < -0.3 is 0 Å². The van der Waals surface area contributed by atoms with Gasteiger partial charge in [-0.25, -0.2) is 0 Å². The van der Waals surface area contributed by atoms with Crippen molar-refractivity contribution in [2.24, 2.45) is 0 Å². The Kier molecular flexibility index (Phi) is 3.51. The molecule has 0 aliphatic carbocycles. The third kappa shape index (κ3) is 2.27. The molecule has 0 bridgehead atoms. The fourth-order valence-electron chi connectivity index (χ4n) is 7.80. The smallest absolute Gasteiger partial charge is 0.0511 e. The molecule has 10 aromatic rings. The molecule has 0 N–H and O–H groups in total. The average Bonchev–Trinajstić information content (AvgIpc) is 3.63. The molecule has 0 heterocycles. The van der Waals surface area contributed by atoms with E-state index in [-0.39, 0.29) is 0 Å². The summed E-state index contributed by atoms with van der Waals surface area (Å²) in [6.07, 6.45) is 0. The van der Waals surface area contributed by atoms with Gasteiger partial charge in [0, 0.05) is 36.4 Å². The van der Waals surface area contributed by atoms with E-state index in [2.05, 4.69) is 127 Å². The summed E-state index contributed by atoms with van der Waals surface area (Å²) in [7, 11) is 0. The molecular formula is C39H21+3. The molecule has 0 saturated heterocycles. The van der Waals surface area contributed by atoms with E-state index in [1.54, 1.807) is 0 Å². The van der Waals surface area contributed by atoms with Crippen molar-refractivity contribution in [1.29, 1.82) is 0 Å². The zero-order valence-corrected chi connectivity index (χ0v) is 21.1. The molecule has 174 valence electrons. The zero-order chi connectivity index (χ0) is 25.2. The van der Waals surface area contributed by atoms with Crippen LogP contribution in [0.3, 0.4) is 0 Å². The molecule has 39 heavy (non-hydrogen) atoms. The second-order valence-electron chi connectivity index (χ2n) is 11.0. The van der Waals surface area contributed by atoms with Gasteiger partial charge in [0.1, 0.15) is 32.3 Å². The molecule has 0 aliphatic heterocycles. The van der Waals surface area contributed by atoms with E-state index in [0.29, 0.717) is 0 Å². The number of benzene rings is 7. The lowest BCUT2D eigenvalue weighted by Gasteiger charge is -1.97. The fourth-order valence-corrected chi connectivity index (χ4v) is 7.80. The first-order chi connectivity index (χ1) is 19.4. The van der Waals surface area contributed by atoms with E-state index in [9.17, 15) is 0 Å². The van der Waals surface area contributed by atoms with Gasteiger partial charge in [-0.2, -0.15) is 0 Å². The molecular weight excluding hydrogens is 468 g/mol. The van der Waals surface area contributed by atoms with Crippen molar-refractivity contribution < 1.29 is 0 Å². The van der Waals surface area contributed by atoms with E-state index < -0.39 is 0 Å². The Labute approximate surface area is 225 Å². The quantitative estimate of drug-likeness (QED) is 0.171. The number of hydrogen-bond donors (Lipinski definition) is 0. The van der Waals surface area contributed by atoms with Crippen molar-refractivity contribution in [2.75, 3.05) is 0 Å². The van der Waals surface area contributed by atoms with Gasteiger partial charge in [-0.3, -0.25) is 0 Å². The Morgan fingerprint density at radius 2 is 0.436 bits per heavy atom. The normalized spacial score (nSPS) is 12.6. The second-order valence-corrected chi connectivity index (χ2v) is 11.0. The molecule has 0 aliphatic rings. The standard InChI is InChI=1S/C39H21/c1-4-10-22(11-5-1)31-25-16-18-27-32(23-12-6-2-7-13-23)29-20-21-30-33(24-14-8-3-9-15-24)28-19-17-26(31)35-34(25)36(27)38(29)39(30)37(28)35/h1-21H/q+3. The van der Waals surface area contributed by atoms with Gasteiger partial charge >= 0.3 is 0 Å². The summed E-state index contributed by atoms with van der Waals surface area (Å²) in [5.74, 6) is 0. The minimum absolute atomic E-state index is 1.29. The first kappa shape index (κ1) is 20.0. The van der Waals surface area contributed by atoms with Crippen molar-refractivity contribution in [2.45, 2.75) is 0 Å². The maximum absolute atomic E-state index is 2.39. The highest BCUT2D eigenvalue weighted by Crippen LogP contribution is 2.58. The number of rotatable bonds is 3. The van der Waals surface area contributed by atoms with Crippen LogP contribution in [0.4, 0.5) is 0 Å². The predicted octanol–water partition coefficient (Wildman–Crippen LogP) is 11.1. The molecule has 10 aromatic carbocycles. The predicted molar refractivity (Wildman–Crippen MR) is 168 cm³/mol. The second kappa shape index (κ2) is 6.87. The highest BCUT2D eigenvalue weighted by atomic mass is 14.3. The first-order valence-corrected chi connectivity index (χ1v) is 13.7. The summed E-state index contributed by atoms with van der Waals surface area (Å²) in [4.78, 5) is 0. The molecule has 0 radical (unpaired) electrons. The molecule has 0 heteroatoms. The largest absolute Gasteiger partial charge is 0.105 e. The van der Waals surface area contributed by atoms with Gasteiger partial charge in [0.15, 0.2) is 0 Å². The first-order valence-electron chi connectivity index (χ1n) is 13.7. The van der Waals surface area contributed by atoms with E-state index in [1.807, 2.05) is 0 Å². The van der Waals surface area contributed by atoms with Gasteiger partial charge in [0.2, 0.25) is 0 Å². The molecule has 10 rings (SSSR count). The topological polar surface area (TPSA) is 0 Å². The minimum Gasteiger partial charge on any atom is -0.0511 e. The lowest BCUT2D eigenvalue weighted by Crippen LogP contribution is -1.78. The molecule has 0 spiro atoms. The van der Waals surface area contributed by atoms with Crippen LogP contribution in [0.2, 0.25) is 0 Å². The van der Waals surface area contributed by atoms with Gasteiger partial charge in [0.05, 0.1) is 65.7 Å². The summed E-state index contributed by atoms with van der Waals surface area (Å²) in [6.45, 7) is 0. The fraction of sp³-hybridized carbons (Fsp3) is 0. The summed E-state index contributed by atoms with van der Waals surface area (Å²) in [5.41, 5.74) is 7.97. The van der Waals surface area contributed by atoms with E-state index in [0.717, 1.165) is 0 Å². The van der Waals surface area contributed by atoms with Crippen molar-refractivity contribution in [3.63, 3.8) is 0 Å². The average molecular weight is 490 g/mol. The number of hydrogen-bond acceptors (Lipinski definition) is 0. The Morgan fingerprint density at radius 3 is 0.641 bits per heavy atom. The summed E-state index contributed by atoms with van der Waals surface area (Å²) >= 11 is 0. The van der Waals surface area contributed by atoms with Crippen LogP contribution >= 0.6 is 0 Å². The van der Waals surface area contributed by atoms with Crippen LogP contribution in [-0.2, 0) is 0 Å². The van der Waals surface area contributed by atoms with Gasteiger partial charge in [-0.15, -0.1) is 0 Å². The van der Waals surface area contributed by atoms with Crippen LogP contribution in [0.1, 0.15) is 0 Å². The Balaban J connectivity index is 1.53. The molecule has 0 fully saturated rings. The molecule has 0 aromatic heterocycles. The lowest BCUT2D eigenvalue weighted by molar-refractivity contribution is 1.69. The van der Waals surface area contributed by atoms with Crippen molar-refractivity contribution >= 4 is 64.6 Å². The summed E-state index contributed by atoms with van der Waals surface area (Å²) in [6, 6.07) is 47.2. The Morgan fingerprint density at radius 1 is 0.231 bits per heavy atom. The third-order valence-electron chi connectivity index (χ3n) is 9.17. The van der Waals surface area contributed by atoms with Gasteiger partial charge in [-0.1, -0.05) is 18.2 Å². The summed E-state index contributed by atoms with van der Waals surface area (Å²) < 4.78 is 0. The maximum Gasteiger partial charge on any atom is 0.105 e. The SMILES string of the molecule is c1ccc(-[c+]2c3ccc4c5c3c3c6c7c5c(ccc7[c+](-c5ccccc5)c6ccc32)[c+]4-c2ccccc2)cc1. The highest BCUT2D eigenvalue weighted by Gasteiger charge is 2.39. The molecule has 0 atom stereocenters. The monoisotopic (exact) mass is 489 g/mol. The van der Waals surface area contributed by atoms with Gasteiger partial charge in [0.25, 0.3) is 0 Å². The van der Waals surface area contributed by atoms with Gasteiger partial charge in [-0.05, 0) is 72.8 Å². The van der Waals surface area contributed by atoms with Crippen LogP contribution in [0, 0.1) is 0 Å². The van der Waals surface area contributed by atoms with Crippen LogP contribution < -0.4 is 0 Å². The lowest BCUT2D eigenvalue weighted by atomic mass is 9.95. The molecule has 0 amide bonds. The Hall–Kier alpha value is -5.07. The van der Waals surface area contributed by atoms with E-state index >= 15 is 0 Å². The van der Waals surface area contributed by atoms with Crippen LogP contribution in [0.5, 0.6) is 0 Å². The van der Waals surface area contributed by atoms with E-state index in [4.69, 9.17) is 0 Å². The molecule has 0 saturated carbocycles. The molecule has 0 unspecified atom stereocenters. The van der Waals surface area contributed by atoms with Crippen molar-refractivity contribution in [3.05, 3.63) is 127 Å². The minimum atomic E-state index is 1.29. The zero-order valence-electron chi connectivity index (χ0n) is 21.1.